The molecule has 0 aromatic carbocycles. The lowest BCUT2D eigenvalue weighted by Crippen LogP contribution is -2.70. The minimum absolute atomic E-state index is 0.123. The van der Waals surface area contributed by atoms with Gasteiger partial charge in [-0.3, -0.25) is 19.3 Å². The van der Waals surface area contributed by atoms with Crippen molar-refractivity contribution in [3.63, 3.8) is 0 Å². The Morgan fingerprint density at radius 3 is 2.34 bits per heavy atom. The average Bonchev–Trinajstić information content (AvgIpc) is 2.56. The van der Waals surface area contributed by atoms with E-state index in [0.717, 1.165) is 4.90 Å². The van der Waals surface area contributed by atoms with Crippen LogP contribution in [0.15, 0.2) is 11.3 Å². The number of carboxylic acids is 1. The minimum Gasteiger partial charge on any atom is -0.481 e. The van der Waals surface area contributed by atoms with E-state index in [2.05, 4.69) is 0 Å². The summed E-state index contributed by atoms with van der Waals surface area (Å²) in [6.07, 6.45) is -2.12. The van der Waals surface area contributed by atoms with Gasteiger partial charge in [-0.05, 0) is 20.8 Å². The number of carboxylic acid groups (broad SMARTS) is 1. The molecular weight excluding hydrogens is 410 g/mol. The third-order valence-electron chi connectivity index (χ3n) is 4.11. The number of hydrogen-bond donors (Lipinski definition) is 1. The molecular formula is C17H23NO10S. The van der Waals surface area contributed by atoms with Crippen LogP contribution in [0, 0.1) is 0 Å². The van der Waals surface area contributed by atoms with Gasteiger partial charge in [0.05, 0.1) is 18.6 Å². The third kappa shape index (κ3) is 4.93. The van der Waals surface area contributed by atoms with Gasteiger partial charge < -0.3 is 19.3 Å². The number of β-lactam (4-membered cyclic amide) rings is 1. The molecule has 2 aliphatic rings. The summed E-state index contributed by atoms with van der Waals surface area (Å²) in [6, 6.07) is 0. The fraction of sp³-hybridized carbons (Fsp3) is 0.647. The molecule has 1 N–H and O–H groups in total. The van der Waals surface area contributed by atoms with Gasteiger partial charge in [0.2, 0.25) is 0 Å². The van der Waals surface area contributed by atoms with Crippen molar-refractivity contribution in [1.29, 1.82) is 0 Å². The van der Waals surface area contributed by atoms with E-state index in [1.807, 2.05) is 0 Å². The first-order chi connectivity index (χ1) is 13.3. The Kier molecular flexibility index (Phi) is 6.38. The molecule has 1 amide bonds. The number of amides is 1. The van der Waals surface area contributed by atoms with E-state index in [9.17, 15) is 27.6 Å². The molecule has 162 valence electrons. The number of esters is 2. The van der Waals surface area contributed by atoms with Gasteiger partial charge in [-0.25, -0.2) is 13.2 Å². The first kappa shape index (κ1) is 22.8. The molecule has 29 heavy (non-hydrogen) atoms. The standard InChI is InChI=1S/C17H23NO10S/c1-17(2,3)28-16(23)12-9(7-27-11(21)6-5-10(19)20)8-29(24,25)15-13(26-4)14(22)18(12)15/h13,15H,5-8H2,1-4H3,(H,19,20)/t13-,15+/m0/s1. The molecule has 0 spiro atoms. The molecule has 0 aliphatic carbocycles. The highest BCUT2D eigenvalue weighted by molar-refractivity contribution is 7.92. The molecule has 1 fully saturated rings. The molecule has 12 heteroatoms. The van der Waals surface area contributed by atoms with Crippen LogP contribution < -0.4 is 0 Å². The number of carbonyl (C=O) groups excluding carboxylic acids is 3. The molecule has 0 saturated carbocycles. The largest absolute Gasteiger partial charge is 0.481 e. The van der Waals surface area contributed by atoms with Crippen LogP contribution in [0.5, 0.6) is 0 Å². The quantitative estimate of drug-likeness (QED) is 0.414. The lowest BCUT2D eigenvalue weighted by molar-refractivity contribution is -0.167. The van der Waals surface area contributed by atoms with Crippen molar-refractivity contribution in [2.75, 3.05) is 19.5 Å². The molecule has 2 atom stereocenters. The van der Waals surface area contributed by atoms with Crippen molar-refractivity contribution in [2.24, 2.45) is 0 Å². The van der Waals surface area contributed by atoms with Crippen LogP contribution in [-0.4, -0.2) is 78.8 Å². The number of rotatable bonds is 7. The summed E-state index contributed by atoms with van der Waals surface area (Å²) in [4.78, 5) is 48.1. The zero-order chi connectivity index (χ0) is 22.1. The minimum atomic E-state index is -3.92. The van der Waals surface area contributed by atoms with Crippen molar-refractivity contribution >= 4 is 33.7 Å². The molecule has 0 unspecified atom stereocenters. The topological polar surface area (TPSA) is 154 Å². The molecule has 0 radical (unpaired) electrons. The van der Waals surface area contributed by atoms with Gasteiger partial charge in [0.15, 0.2) is 21.3 Å². The highest BCUT2D eigenvalue weighted by Gasteiger charge is 2.61. The summed E-state index contributed by atoms with van der Waals surface area (Å²) in [6.45, 7) is 4.21. The smallest absolute Gasteiger partial charge is 0.355 e. The summed E-state index contributed by atoms with van der Waals surface area (Å²) in [5.41, 5.74) is -1.35. The maximum absolute atomic E-state index is 12.7. The molecule has 2 rings (SSSR count). The van der Waals surface area contributed by atoms with Crippen LogP contribution in [0.4, 0.5) is 0 Å². The highest BCUT2D eigenvalue weighted by atomic mass is 32.2. The molecule has 2 heterocycles. The number of hydrogen-bond acceptors (Lipinski definition) is 9. The van der Waals surface area contributed by atoms with Crippen LogP contribution in [0.25, 0.3) is 0 Å². The SMILES string of the molecule is CO[C@H]1C(=O)N2C(C(=O)OC(C)(C)C)=C(COC(=O)CCC(=O)O)CS(=O)(=O)[C@H]12. The first-order valence-electron chi connectivity index (χ1n) is 8.68. The number of ether oxygens (including phenoxy) is 3. The number of nitrogens with zero attached hydrogens (tertiary/aromatic N) is 1. The van der Waals surface area contributed by atoms with Crippen LogP contribution in [0.3, 0.4) is 0 Å². The van der Waals surface area contributed by atoms with E-state index < -0.39 is 75.9 Å². The van der Waals surface area contributed by atoms with E-state index in [4.69, 9.17) is 19.3 Å². The fourth-order valence-electron chi connectivity index (χ4n) is 2.94. The van der Waals surface area contributed by atoms with Crippen molar-refractivity contribution in [3.8, 4) is 0 Å². The van der Waals surface area contributed by atoms with Gasteiger partial charge >= 0.3 is 17.9 Å². The van der Waals surface area contributed by atoms with Gasteiger partial charge in [-0.1, -0.05) is 0 Å². The molecule has 0 bridgehead atoms. The predicted octanol–water partition coefficient (Wildman–Crippen LogP) is -0.398. The number of fused-ring (bicyclic) bond motifs is 1. The average molecular weight is 433 g/mol. The van der Waals surface area contributed by atoms with E-state index in [1.54, 1.807) is 20.8 Å². The second-order valence-corrected chi connectivity index (χ2v) is 9.67. The Morgan fingerprint density at radius 1 is 1.21 bits per heavy atom. The monoisotopic (exact) mass is 433 g/mol. The van der Waals surface area contributed by atoms with Crippen LogP contribution >= 0.6 is 0 Å². The summed E-state index contributed by atoms with van der Waals surface area (Å²) in [5.74, 6) is -4.38. The van der Waals surface area contributed by atoms with Gasteiger partial charge in [0.25, 0.3) is 5.91 Å². The summed E-state index contributed by atoms with van der Waals surface area (Å²) in [5, 5.41) is 7.24. The summed E-state index contributed by atoms with van der Waals surface area (Å²) in [7, 11) is -2.74. The van der Waals surface area contributed by atoms with Crippen LogP contribution in [-0.2, 0) is 43.2 Å². The van der Waals surface area contributed by atoms with Crippen LogP contribution in [0.1, 0.15) is 33.6 Å². The number of aliphatic carboxylic acids is 1. The van der Waals surface area contributed by atoms with Crippen molar-refractivity contribution < 1.29 is 46.9 Å². The van der Waals surface area contributed by atoms with Gasteiger partial charge in [-0.2, -0.15) is 0 Å². The maximum Gasteiger partial charge on any atom is 0.355 e. The molecule has 0 aromatic heterocycles. The van der Waals surface area contributed by atoms with Crippen molar-refractivity contribution in [1.82, 2.24) is 4.90 Å². The normalized spacial score (nSPS) is 23.2. The van der Waals surface area contributed by atoms with Crippen molar-refractivity contribution in [3.05, 3.63) is 11.3 Å². The maximum atomic E-state index is 12.7. The number of carbonyl (C=O) groups is 4. The third-order valence-corrected chi connectivity index (χ3v) is 6.05. The van der Waals surface area contributed by atoms with E-state index >= 15 is 0 Å². The lowest BCUT2D eigenvalue weighted by atomic mass is 10.0. The first-order valence-corrected chi connectivity index (χ1v) is 10.4. The van der Waals surface area contributed by atoms with Gasteiger partial charge in [-0.15, -0.1) is 0 Å². The Morgan fingerprint density at radius 2 is 1.83 bits per heavy atom. The molecule has 11 nitrogen and oxygen atoms in total. The zero-order valence-electron chi connectivity index (χ0n) is 16.5. The lowest BCUT2D eigenvalue weighted by Gasteiger charge is -2.48. The Hall–Kier alpha value is -2.47. The zero-order valence-corrected chi connectivity index (χ0v) is 17.3. The summed E-state index contributed by atoms with van der Waals surface area (Å²) < 4.78 is 40.4. The van der Waals surface area contributed by atoms with Gasteiger partial charge in [0, 0.05) is 12.7 Å². The molecule has 0 aromatic rings. The van der Waals surface area contributed by atoms with Gasteiger partial charge in [0.1, 0.15) is 17.9 Å². The fourth-order valence-corrected chi connectivity index (χ4v) is 4.95. The predicted molar refractivity (Wildman–Crippen MR) is 95.9 cm³/mol. The Bertz CT molecular complexity index is 867. The second kappa shape index (κ2) is 8.11. The molecule has 1 saturated heterocycles. The second-order valence-electron chi connectivity index (χ2n) is 7.57. The van der Waals surface area contributed by atoms with E-state index in [1.165, 1.54) is 7.11 Å². The Balaban J connectivity index is 2.36. The van der Waals surface area contributed by atoms with Crippen LogP contribution in [0.2, 0.25) is 0 Å². The van der Waals surface area contributed by atoms with Crippen molar-refractivity contribution in [2.45, 2.75) is 50.7 Å². The number of sulfone groups is 1. The molecule has 2 aliphatic heterocycles. The highest BCUT2D eigenvalue weighted by Crippen LogP contribution is 2.38. The summed E-state index contributed by atoms with van der Waals surface area (Å²) >= 11 is 0. The Labute approximate surface area is 167 Å². The number of methoxy groups -OCH3 is 1. The van der Waals surface area contributed by atoms with E-state index in [0.29, 0.717) is 0 Å². The van der Waals surface area contributed by atoms with E-state index in [-0.39, 0.29) is 11.3 Å².